The molecule has 3 heterocycles. The number of hydrogen-bond acceptors (Lipinski definition) is 5. The maximum absolute atomic E-state index is 12.3. The van der Waals surface area contributed by atoms with Crippen LogP contribution in [0.4, 0.5) is 0 Å². The van der Waals surface area contributed by atoms with Gasteiger partial charge in [0, 0.05) is 52.3 Å². The Bertz CT molecular complexity index is 412. The van der Waals surface area contributed by atoms with Crippen molar-refractivity contribution in [3.05, 3.63) is 0 Å². The van der Waals surface area contributed by atoms with Crippen LogP contribution in [0.3, 0.4) is 0 Å². The highest BCUT2D eigenvalue weighted by Gasteiger charge is 2.31. The van der Waals surface area contributed by atoms with Gasteiger partial charge in [-0.15, -0.1) is 0 Å². The van der Waals surface area contributed by atoms with Crippen LogP contribution in [0.1, 0.15) is 32.1 Å². The van der Waals surface area contributed by atoms with E-state index in [4.69, 9.17) is 9.57 Å². The van der Waals surface area contributed by atoms with E-state index in [-0.39, 0.29) is 17.9 Å². The molecule has 0 aromatic heterocycles. The van der Waals surface area contributed by atoms with E-state index in [0.717, 1.165) is 38.8 Å². The van der Waals surface area contributed by atoms with Crippen molar-refractivity contribution in [3.8, 4) is 0 Å². The lowest BCUT2D eigenvalue weighted by Gasteiger charge is -2.36. The quantitative estimate of drug-likeness (QED) is 0.742. The van der Waals surface area contributed by atoms with Crippen LogP contribution < -0.4 is 0 Å². The van der Waals surface area contributed by atoms with Crippen molar-refractivity contribution in [3.63, 3.8) is 0 Å². The van der Waals surface area contributed by atoms with Gasteiger partial charge in [-0.1, -0.05) is 0 Å². The summed E-state index contributed by atoms with van der Waals surface area (Å²) < 4.78 is 5.46. The first-order valence-electron chi connectivity index (χ1n) is 8.80. The Morgan fingerprint density at radius 1 is 0.913 bits per heavy atom. The smallest absolute Gasteiger partial charge is 0.251 e. The van der Waals surface area contributed by atoms with Gasteiger partial charge in [0.15, 0.2) is 0 Å². The summed E-state index contributed by atoms with van der Waals surface area (Å²) in [5, 5.41) is 1.90. The molecule has 3 fully saturated rings. The molecule has 0 bridgehead atoms. The molecule has 0 saturated carbocycles. The van der Waals surface area contributed by atoms with Crippen molar-refractivity contribution in [2.24, 2.45) is 0 Å². The third-order valence-corrected chi connectivity index (χ3v) is 4.80. The number of piperazine rings is 1. The summed E-state index contributed by atoms with van der Waals surface area (Å²) in [6.07, 6.45) is 4.26. The van der Waals surface area contributed by atoms with E-state index >= 15 is 0 Å². The maximum atomic E-state index is 12.3. The van der Waals surface area contributed by atoms with Crippen molar-refractivity contribution in [1.29, 1.82) is 0 Å². The maximum Gasteiger partial charge on any atom is 0.251 e. The van der Waals surface area contributed by atoms with E-state index in [1.165, 1.54) is 0 Å². The second-order valence-electron chi connectivity index (χ2n) is 6.43. The van der Waals surface area contributed by atoms with Gasteiger partial charge in [0.1, 0.15) is 6.10 Å². The van der Waals surface area contributed by atoms with E-state index in [0.29, 0.717) is 45.8 Å². The minimum Gasteiger partial charge on any atom is -0.368 e. The fourth-order valence-corrected chi connectivity index (χ4v) is 3.36. The lowest BCUT2D eigenvalue weighted by atomic mass is 10.2. The molecule has 7 nitrogen and oxygen atoms in total. The van der Waals surface area contributed by atoms with Gasteiger partial charge in [0.2, 0.25) is 5.91 Å². The lowest BCUT2D eigenvalue weighted by Crippen LogP contribution is -2.53. The summed E-state index contributed by atoms with van der Waals surface area (Å²) in [5.41, 5.74) is 0. The molecule has 130 valence electrons. The molecule has 7 heteroatoms. The zero-order valence-corrected chi connectivity index (χ0v) is 13.7. The van der Waals surface area contributed by atoms with E-state index < -0.39 is 0 Å². The van der Waals surface area contributed by atoms with Crippen LogP contribution >= 0.6 is 0 Å². The molecule has 3 aliphatic rings. The summed E-state index contributed by atoms with van der Waals surface area (Å²) in [6.45, 7) is 5.50. The summed E-state index contributed by atoms with van der Waals surface area (Å²) in [7, 11) is 0. The Morgan fingerprint density at radius 2 is 1.70 bits per heavy atom. The van der Waals surface area contributed by atoms with Gasteiger partial charge in [-0.25, -0.2) is 0 Å². The van der Waals surface area contributed by atoms with E-state index in [2.05, 4.69) is 0 Å². The molecular weight excluding hydrogens is 298 g/mol. The van der Waals surface area contributed by atoms with Crippen LogP contribution in [0.25, 0.3) is 0 Å². The van der Waals surface area contributed by atoms with Crippen LogP contribution in [0, 0.1) is 0 Å². The topological polar surface area (TPSA) is 62.3 Å². The van der Waals surface area contributed by atoms with Gasteiger partial charge in [0.25, 0.3) is 5.91 Å². The summed E-state index contributed by atoms with van der Waals surface area (Å²) in [5.74, 6) is 0.250. The predicted octanol–water partition coefficient (Wildman–Crippen LogP) is 0.254. The van der Waals surface area contributed by atoms with E-state index in [9.17, 15) is 9.59 Å². The number of carbonyl (C=O) groups is 2. The third-order valence-electron chi connectivity index (χ3n) is 4.80. The third kappa shape index (κ3) is 4.43. The van der Waals surface area contributed by atoms with Crippen LogP contribution in [-0.2, 0) is 19.2 Å². The lowest BCUT2D eigenvalue weighted by molar-refractivity contribution is -0.182. The molecule has 1 unspecified atom stereocenters. The fraction of sp³-hybridized carbons (Fsp3) is 0.875. The van der Waals surface area contributed by atoms with Gasteiger partial charge < -0.3 is 14.5 Å². The molecular formula is C16H27N3O4. The standard InChI is InChI=1S/C16H27N3O4/c20-15(5-7-19-6-1-2-13-23-19)17-8-10-18(11-9-17)16(21)14-4-3-12-22-14/h14H,1-13H2. The highest BCUT2D eigenvalue weighted by atomic mass is 16.7. The van der Waals surface area contributed by atoms with E-state index in [1.807, 2.05) is 14.9 Å². The Morgan fingerprint density at radius 3 is 2.35 bits per heavy atom. The van der Waals surface area contributed by atoms with E-state index in [1.54, 1.807) is 0 Å². The molecule has 1 atom stereocenters. The zero-order chi connectivity index (χ0) is 16.1. The summed E-state index contributed by atoms with van der Waals surface area (Å²) >= 11 is 0. The number of hydroxylamine groups is 2. The van der Waals surface area contributed by atoms with Crippen molar-refractivity contribution < 1.29 is 19.2 Å². The minimum atomic E-state index is -0.256. The monoisotopic (exact) mass is 325 g/mol. The second-order valence-corrected chi connectivity index (χ2v) is 6.43. The summed E-state index contributed by atoms with van der Waals surface area (Å²) in [4.78, 5) is 33.8. The van der Waals surface area contributed by atoms with Gasteiger partial charge in [-0.3, -0.25) is 14.4 Å². The molecule has 3 saturated heterocycles. The SMILES string of the molecule is O=C(CCN1CCCCO1)N1CCN(C(=O)C2CCCO2)CC1. The van der Waals surface area contributed by atoms with Gasteiger partial charge in [-0.05, 0) is 25.7 Å². The number of ether oxygens (including phenoxy) is 1. The minimum absolute atomic E-state index is 0.0938. The fourth-order valence-electron chi connectivity index (χ4n) is 3.36. The molecule has 0 aromatic rings. The Hall–Kier alpha value is -1.18. The molecule has 0 radical (unpaired) electrons. The average Bonchev–Trinajstić information content (AvgIpc) is 3.15. The number of carbonyl (C=O) groups excluding carboxylic acids is 2. The molecule has 0 aromatic carbocycles. The first-order chi connectivity index (χ1) is 11.2. The van der Waals surface area contributed by atoms with Gasteiger partial charge in [-0.2, -0.15) is 5.06 Å². The van der Waals surface area contributed by atoms with Gasteiger partial charge in [0.05, 0.1) is 6.61 Å². The molecule has 2 amide bonds. The molecule has 23 heavy (non-hydrogen) atoms. The number of nitrogens with zero attached hydrogens (tertiary/aromatic N) is 3. The highest BCUT2D eigenvalue weighted by Crippen LogP contribution is 2.16. The summed E-state index contributed by atoms with van der Waals surface area (Å²) in [6, 6.07) is 0. The van der Waals surface area contributed by atoms with Crippen LogP contribution in [0.15, 0.2) is 0 Å². The molecule has 0 N–H and O–H groups in total. The Balaban J connectivity index is 1.37. The molecule has 0 spiro atoms. The number of hydrogen-bond donors (Lipinski definition) is 0. The average molecular weight is 325 g/mol. The number of rotatable bonds is 4. The van der Waals surface area contributed by atoms with Crippen LogP contribution in [-0.4, -0.2) is 85.3 Å². The zero-order valence-electron chi connectivity index (χ0n) is 13.7. The largest absolute Gasteiger partial charge is 0.368 e. The molecule has 0 aliphatic carbocycles. The Kier molecular flexibility index (Phi) is 5.85. The van der Waals surface area contributed by atoms with Crippen molar-refractivity contribution in [1.82, 2.24) is 14.9 Å². The normalized spacial score (nSPS) is 26.5. The predicted molar refractivity (Wildman–Crippen MR) is 83.5 cm³/mol. The highest BCUT2D eigenvalue weighted by molar-refractivity contribution is 5.82. The van der Waals surface area contributed by atoms with Crippen molar-refractivity contribution >= 4 is 11.8 Å². The van der Waals surface area contributed by atoms with Crippen molar-refractivity contribution in [2.45, 2.75) is 38.2 Å². The van der Waals surface area contributed by atoms with Crippen LogP contribution in [0.2, 0.25) is 0 Å². The van der Waals surface area contributed by atoms with Crippen LogP contribution in [0.5, 0.6) is 0 Å². The first kappa shape index (κ1) is 16.7. The molecule has 3 rings (SSSR count). The van der Waals surface area contributed by atoms with Crippen molar-refractivity contribution in [2.75, 3.05) is 52.5 Å². The number of amides is 2. The molecule has 3 aliphatic heterocycles. The second kappa shape index (κ2) is 8.08. The van der Waals surface area contributed by atoms with Gasteiger partial charge >= 0.3 is 0 Å². The first-order valence-corrected chi connectivity index (χ1v) is 8.80. The Labute approximate surface area is 137 Å².